The molecule has 0 atom stereocenters. The Bertz CT molecular complexity index is 1340. The highest BCUT2D eigenvalue weighted by molar-refractivity contribution is 6.30. The number of nitrogens with one attached hydrogen (secondary N) is 2. The Morgan fingerprint density at radius 3 is 2.65 bits per heavy atom. The Morgan fingerprint density at radius 1 is 1.03 bits per heavy atom. The summed E-state index contributed by atoms with van der Waals surface area (Å²) in [6, 6.07) is 19.5. The summed E-state index contributed by atoms with van der Waals surface area (Å²) < 4.78 is 5.39. The van der Waals surface area contributed by atoms with Crippen LogP contribution in [0.2, 0.25) is 5.02 Å². The summed E-state index contributed by atoms with van der Waals surface area (Å²) >= 11 is 6.13. The van der Waals surface area contributed by atoms with Crippen molar-refractivity contribution in [3.8, 4) is 17.6 Å². The largest absolute Gasteiger partial charge is 0.495 e. The molecule has 1 heterocycles. The zero-order chi connectivity index (χ0) is 21.8. The van der Waals surface area contributed by atoms with E-state index in [1.54, 1.807) is 19.2 Å². The molecule has 0 bridgehead atoms. The van der Waals surface area contributed by atoms with Gasteiger partial charge in [0.1, 0.15) is 5.75 Å². The number of H-pyrrole nitrogens is 2. The number of anilines is 1. The molecule has 0 unspecified atom stereocenters. The Kier molecular flexibility index (Phi) is 6.01. The number of halogens is 1. The van der Waals surface area contributed by atoms with Crippen molar-refractivity contribution in [1.82, 2.24) is 9.97 Å². The number of hydrogen-bond acceptors (Lipinski definition) is 3. The number of nitrogens with zero attached hydrogens (tertiary/aromatic N) is 1. The van der Waals surface area contributed by atoms with Gasteiger partial charge in [-0.05, 0) is 54.4 Å². The number of aromatic nitrogens is 2. The minimum Gasteiger partial charge on any atom is -0.495 e. The molecule has 0 saturated heterocycles. The maximum Gasteiger partial charge on any atom is 0.323 e. The number of rotatable bonds is 5. The molecule has 0 aliphatic rings. The summed E-state index contributed by atoms with van der Waals surface area (Å²) in [5, 5.41) is 0.615. The van der Waals surface area contributed by atoms with Crippen LogP contribution in [0.25, 0.3) is 11.0 Å². The second-order valence-electron chi connectivity index (χ2n) is 7.24. The third-order valence-corrected chi connectivity index (χ3v) is 5.38. The predicted molar refractivity (Wildman–Crippen MR) is 126 cm³/mol. The predicted octanol–water partition coefficient (Wildman–Crippen LogP) is 4.88. The van der Waals surface area contributed by atoms with Gasteiger partial charge in [0.25, 0.3) is 0 Å². The highest BCUT2D eigenvalue weighted by atomic mass is 35.5. The molecule has 0 aliphatic heterocycles. The molecule has 0 saturated carbocycles. The monoisotopic (exact) mass is 431 g/mol. The van der Waals surface area contributed by atoms with Gasteiger partial charge in [-0.25, -0.2) is 4.79 Å². The molecule has 0 radical (unpaired) electrons. The van der Waals surface area contributed by atoms with Crippen LogP contribution in [0.1, 0.15) is 16.7 Å². The Labute approximate surface area is 185 Å². The minimum absolute atomic E-state index is 0.217. The SMILES string of the molecule is COc1ccc(Cl)cc1C#CCN(Cc1ccccc1C)c1ccc2[nH]c(=O)[nH]c2c1. The van der Waals surface area contributed by atoms with Gasteiger partial charge in [0.05, 0.1) is 30.3 Å². The molecule has 0 amide bonds. The van der Waals surface area contributed by atoms with Crippen molar-refractivity contribution in [1.29, 1.82) is 0 Å². The second-order valence-corrected chi connectivity index (χ2v) is 7.67. The average molecular weight is 432 g/mol. The Hall–Kier alpha value is -3.62. The molecule has 4 aromatic rings. The topological polar surface area (TPSA) is 61.1 Å². The van der Waals surface area contributed by atoms with Crippen LogP contribution in [0, 0.1) is 18.8 Å². The highest BCUT2D eigenvalue weighted by Crippen LogP contribution is 2.23. The van der Waals surface area contributed by atoms with E-state index < -0.39 is 0 Å². The Balaban J connectivity index is 1.68. The summed E-state index contributed by atoms with van der Waals surface area (Å²) in [5.74, 6) is 7.12. The van der Waals surface area contributed by atoms with Crippen molar-refractivity contribution >= 4 is 28.3 Å². The van der Waals surface area contributed by atoms with Crippen molar-refractivity contribution in [2.24, 2.45) is 0 Å². The van der Waals surface area contributed by atoms with Crippen molar-refractivity contribution in [2.45, 2.75) is 13.5 Å². The molecule has 5 nitrogen and oxygen atoms in total. The van der Waals surface area contributed by atoms with Gasteiger partial charge in [0.15, 0.2) is 0 Å². The maximum absolute atomic E-state index is 11.7. The molecule has 1 aromatic heterocycles. The Morgan fingerprint density at radius 2 is 1.84 bits per heavy atom. The van der Waals surface area contributed by atoms with Crippen LogP contribution in [-0.2, 0) is 6.54 Å². The molecular weight excluding hydrogens is 410 g/mol. The lowest BCUT2D eigenvalue weighted by atomic mass is 10.1. The molecule has 6 heteroatoms. The average Bonchev–Trinajstić information content (AvgIpc) is 3.14. The van der Waals surface area contributed by atoms with E-state index >= 15 is 0 Å². The van der Waals surface area contributed by atoms with Crippen molar-refractivity contribution in [3.63, 3.8) is 0 Å². The van der Waals surface area contributed by atoms with Crippen LogP contribution >= 0.6 is 11.6 Å². The van der Waals surface area contributed by atoms with Crippen molar-refractivity contribution < 1.29 is 4.74 Å². The quantitative estimate of drug-likeness (QED) is 0.442. The van der Waals surface area contributed by atoms with Crippen LogP contribution < -0.4 is 15.3 Å². The highest BCUT2D eigenvalue weighted by Gasteiger charge is 2.10. The number of fused-ring (bicyclic) bond motifs is 1. The van der Waals surface area contributed by atoms with Gasteiger partial charge in [0, 0.05) is 17.3 Å². The van der Waals surface area contributed by atoms with Gasteiger partial charge in [-0.15, -0.1) is 0 Å². The minimum atomic E-state index is -0.217. The van der Waals surface area contributed by atoms with Crippen molar-refractivity contribution in [2.75, 3.05) is 18.6 Å². The van der Waals surface area contributed by atoms with E-state index in [0.29, 0.717) is 23.9 Å². The molecule has 0 fully saturated rings. The van der Waals surface area contributed by atoms with Crippen LogP contribution in [0.4, 0.5) is 5.69 Å². The fourth-order valence-corrected chi connectivity index (χ4v) is 3.63. The lowest BCUT2D eigenvalue weighted by Gasteiger charge is -2.23. The summed E-state index contributed by atoms with van der Waals surface area (Å²) in [5.41, 5.74) is 5.47. The summed E-state index contributed by atoms with van der Waals surface area (Å²) in [6.45, 7) is 3.28. The smallest absolute Gasteiger partial charge is 0.323 e. The summed E-state index contributed by atoms with van der Waals surface area (Å²) in [7, 11) is 1.62. The van der Waals surface area contributed by atoms with Crippen LogP contribution in [0.5, 0.6) is 5.75 Å². The van der Waals surface area contributed by atoms with E-state index in [-0.39, 0.29) is 5.69 Å². The number of benzene rings is 3. The fourth-order valence-electron chi connectivity index (χ4n) is 3.46. The van der Waals surface area contributed by atoms with E-state index in [0.717, 1.165) is 22.3 Å². The number of aromatic amines is 2. The number of hydrogen-bond donors (Lipinski definition) is 2. The van der Waals surface area contributed by atoms with Crippen molar-refractivity contribution in [3.05, 3.63) is 92.9 Å². The third kappa shape index (κ3) is 4.76. The van der Waals surface area contributed by atoms with E-state index in [4.69, 9.17) is 16.3 Å². The lowest BCUT2D eigenvalue weighted by Crippen LogP contribution is -2.23. The molecule has 156 valence electrons. The zero-order valence-electron chi connectivity index (χ0n) is 17.3. The molecule has 4 rings (SSSR count). The first-order chi connectivity index (χ1) is 15.0. The van der Waals surface area contributed by atoms with Gasteiger partial charge in [-0.2, -0.15) is 0 Å². The zero-order valence-corrected chi connectivity index (χ0v) is 18.1. The van der Waals surface area contributed by atoms with Gasteiger partial charge in [0.2, 0.25) is 0 Å². The van der Waals surface area contributed by atoms with Gasteiger partial charge in [-0.1, -0.05) is 47.7 Å². The first-order valence-electron chi connectivity index (χ1n) is 9.87. The molecular formula is C25H22ClN3O2. The van der Waals surface area contributed by atoms with E-state index in [2.05, 4.69) is 45.8 Å². The van der Waals surface area contributed by atoms with E-state index in [1.807, 2.05) is 36.4 Å². The second kappa shape index (κ2) is 9.03. The van der Waals surface area contributed by atoms with E-state index in [9.17, 15) is 4.79 Å². The normalized spacial score (nSPS) is 10.5. The first-order valence-corrected chi connectivity index (χ1v) is 10.3. The fraction of sp³-hybridized carbons (Fsp3) is 0.160. The van der Waals surface area contributed by atoms with E-state index in [1.165, 1.54) is 11.1 Å². The third-order valence-electron chi connectivity index (χ3n) is 5.14. The number of methoxy groups -OCH3 is 1. The lowest BCUT2D eigenvalue weighted by molar-refractivity contribution is 0.413. The van der Waals surface area contributed by atoms with Gasteiger partial charge >= 0.3 is 5.69 Å². The standard InChI is InChI=1S/C25H22ClN3O2/c1-17-6-3-4-7-19(17)16-29(21-10-11-22-23(15-21)28-25(30)27-22)13-5-8-18-14-20(26)9-12-24(18)31-2/h3-4,6-7,9-12,14-15H,13,16H2,1-2H3,(H2,27,28,30). The summed E-state index contributed by atoms with van der Waals surface area (Å²) in [6.07, 6.45) is 0. The molecule has 0 aliphatic carbocycles. The van der Waals surface area contributed by atoms with Gasteiger partial charge < -0.3 is 19.6 Å². The molecule has 2 N–H and O–H groups in total. The van der Waals surface area contributed by atoms with Crippen LogP contribution in [0.15, 0.2) is 65.5 Å². The molecule has 3 aromatic carbocycles. The first kappa shape index (κ1) is 20.6. The molecule has 0 spiro atoms. The van der Waals surface area contributed by atoms with Crippen LogP contribution in [0.3, 0.4) is 0 Å². The van der Waals surface area contributed by atoms with Crippen LogP contribution in [-0.4, -0.2) is 23.6 Å². The maximum atomic E-state index is 11.7. The van der Waals surface area contributed by atoms with Gasteiger partial charge in [-0.3, -0.25) is 0 Å². The molecule has 31 heavy (non-hydrogen) atoms. The number of ether oxygens (including phenoxy) is 1. The number of imidazole rings is 1. The number of aryl methyl sites for hydroxylation is 1. The summed E-state index contributed by atoms with van der Waals surface area (Å²) in [4.78, 5) is 19.4.